The summed E-state index contributed by atoms with van der Waals surface area (Å²) in [6, 6.07) is 9.12. The molecule has 14 heteroatoms. The number of hydrogen-bond acceptors (Lipinski definition) is 5. The minimum absolute atomic E-state index is 0.00766. The summed E-state index contributed by atoms with van der Waals surface area (Å²) in [4.78, 5) is 33.8. The molecular formula is C31H28BrF6N3O4. The summed E-state index contributed by atoms with van der Waals surface area (Å²) in [5, 5.41) is 0.219. The van der Waals surface area contributed by atoms with Crippen molar-refractivity contribution in [3.05, 3.63) is 91.9 Å². The first-order chi connectivity index (χ1) is 21.0. The summed E-state index contributed by atoms with van der Waals surface area (Å²) in [6.45, 7) is 4.86. The van der Waals surface area contributed by atoms with Crippen LogP contribution in [0, 0.1) is 5.92 Å². The Bertz CT molecular complexity index is 1770. The second kappa shape index (κ2) is 12.7. The standard InChI is InChI=1S/C31H28BrF6N3O4/c1-16(2)15-40(28(42)18-10-19(30(33,34)35)12-20(11-18)31(36,37)38)17(3)27-39-23-9-7-6-8-22(23)29(43)41(27)24-13-21(44-4)14-25(45-5)26(24)32/h6-14,16-17H,15H2,1-5H3. The van der Waals surface area contributed by atoms with E-state index in [-0.39, 0.29) is 40.9 Å². The Morgan fingerprint density at radius 3 is 2.07 bits per heavy atom. The van der Waals surface area contributed by atoms with E-state index in [0.29, 0.717) is 28.1 Å². The minimum atomic E-state index is -5.15. The summed E-state index contributed by atoms with van der Waals surface area (Å²) >= 11 is 3.46. The van der Waals surface area contributed by atoms with Crippen LogP contribution in [0.4, 0.5) is 26.3 Å². The van der Waals surface area contributed by atoms with Crippen LogP contribution in [0.15, 0.2) is 63.9 Å². The Hall–Kier alpha value is -4.07. The largest absolute Gasteiger partial charge is 0.497 e. The number of methoxy groups -OCH3 is 2. The smallest absolute Gasteiger partial charge is 0.416 e. The quantitative estimate of drug-likeness (QED) is 0.174. The van der Waals surface area contributed by atoms with Gasteiger partial charge in [0, 0.05) is 24.2 Å². The molecule has 0 fully saturated rings. The van der Waals surface area contributed by atoms with E-state index in [1.54, 1.807) is 44.2 Å². The van der Waals surface area contributed by atoms with Crippen molar-refractivity contribution >= 4 is 32.7 Å². The average Bonchev–Trinajstić information content (AvgIpc) is 2.98. The van der Waals surface area contributed by atoms with Crippen molar-refractivity contribution in [2.75, 3.05) is 20.8 Å². The van der Waals surface area contributed by atoms with Crippen LogP contribution in [0.5, 0.6) is 11.5 Å². The van der Waals surface area contributed by atoms with Gasteiger partial charge in [0.1, 0.15) is 17.3 Å². The van der Waals surface area contributed by atoms with Crippen LogP contribution < -0.4 is 15.0 Å². The second-order valence-corrected chi connectivity index (χ2v) is 11.4. The zero-order valence-corrected chi connectivity index (χ0v) is 26.3. The predicted molar refractivity (Wildman–Crippen MR) is 159 cm³/mol. The van der Waals surface area contributed by atoms with Gasteiger partial charge in [-0.1, -0.05) is 26.0 Å². The highest BCUT2D eigenvalue weighted by molar-refractivity contribution is 9.10. The maximum atomic E-state index is 14.1. The number of rotatable bonds is 8. The van der Waals surface area contributed by atoms with Crippen molar-refractivity contribution < 1.29 is 40.6 Å². The zero-order chi connectivity index (χ0) is 33.4. The van der Waals surface area contributed by atoms with Crippen molar-refractivity contribution in [2.45, 2.75) is 39.2 Å². The van der Waals surface area contributed by atoms with Crippen molar-refractivity contribution in [1.82, 2.24) is 14.5 Å². The van der Waals surface area contributed by atoms with Crippen LogP contribution in [0.2, 0.25) is 0 Å². The molecular weight excluding hydrogens is 672 g/mol. The second-order valence-electron chi connectivity index (χ2n) is 10.6. The predicted octanol–water partition coefficient (Wildman–Crippen LogP) is 8.06. The number of para-hydroxylation sites is 1. The number of carbonyl (C=O) groups is 1. The van der Waals surface area contributed by atoms with Crippen molar-refractivity contribution in [3.63, 3.8) is 0 Å². The molecule has 45 heavy (non-hydrogen) atoms. The number of fused-ring (bicyclic) bond motifs is 1. The van der Waals surface area contributed by atoms with Gasteiger partial charge in [0.2, 0.25) is 0 Å². The third-order valence-electron chi connectivity index (χ3n) is 6.99. The number of hydrogen-bond donors (Lipinski definition) is 0. The van der Waals surface area contributed by atoms with E-state index in [4.69, 9.17) is 9.47 Å². The average molecular weight is 700 g/mol. The fraction of sp³-hybridized carbons (Fsp3) is 0.323. The highest BCUT2D eigenvalue weighted by Gasteiger charge is 2.39. The van der Waals surface area contributed by atoms with Gasteiger partial charge in [-0.15, -0.1) is 0 Å². The fourth-order valence-electron chi connectivity index (χ4n) is 4.84. The third-order valence-corrected chi connectivity index (χ3v) is 7.79. The Balaban J connectivity index is 2.01. The number of aromatic nitrogens is 2. The first-order valence-electron chi connectivity index (χ1n) is 13.5. The molecule has 0 aliphatic rings. The van der Waals surface area contributed by atoms with Gasteiger partial charge in [0.15, 0.2) is 0 Å². The number of alkyl halides is 6. The van der Waals surface area contributed by atoms with Gasteiger partial charge in [-0.2, -0.15) is 26.3 Å². The number of benzene rings is 3. The van der Waals surface area contributed by atoms with E-state index in [0.717, 1.165) is 4.90 Å². The molecule has 4 aromatic rings. The normalized spacial score (nSPS) is 12.8. The molecule has 1 unspecified atom stereocenters. The number of carbonyl (C=O) groups excluding carboxylic acids is 1. The SMILES string of the molecule is COc1cc(OC)c(Br)c(-n2c(C(C)N(CC(C)C)C(=O)c3cc(C(F)(F)F)cc(C(F)(F)F)c3)nc3ccccc3c2=O)c1. The first kappa shape index (κ1) is 33.8. The highest BCUT2D eigenvalue weighted by atomic mass is 79.9. The van der Waals surface area contributed by atoms with Crippen LogP contribution in [0.1, 0.15) is 54.1 Å². The molecule has 1 aromatic heterocycles. The first-order valence-corrected chi connectivity index (χ1v) is 14.3. The van der Waals surface area contributed by atoms with Gasteiger partial charge in [0.05, 0.1) is 52.5 Å². The molecule has 7 nitrogen and oxygen atoms in total. The molecule has 0 aliphatic heterocycles. The molecule has 240 valence electrons. The van der Waals surface area contributed by atoms with Gasteiger partial charge < -0.3 is 14.4 Å². The molecule has 0 spiro atoms. The summed E-state index contributed by atoms with van der Waals surface area (Å²) in [7, 11) is 2.81. The van der Waals surface area contributed by atoms with Gasteiger partial charge in [-0.25, -0.2) is 4.98 Å². The maximum absolute atomic E-state index is 14.1. The lowest BCUT2D eigenvalue weighted by Crippen LogP contribution is -2.39. The van der Waals surface area contributed by atoms with Gasteiger partial charge >= 0.3 is 12.4 Å². The minimum Gasteiger partial charge on any atom is -0.497 e. The van der Waals surface area contributed by atoms with E-state index < -0.39 is 46.6 Å². The van der Waals surface area contributed by atoms with Gasteiger partial charge in [-0.3, -0.25) is 14.2 Å². The molecule has 1 atom stereocenters. The zero-order valence-electron chi connectivity index (χ0n) is 24.7. The highest BCUT2D eigenvalue weighted by Crippen LogP contribution is 2.39. The number of nitrogens with zero attached hydrogens (tertiary/aromatic N) is 3. The van der Waals surface area contributed by atoms with E-state index in [1.807, 2.05) is 0 Å². The molecule has 0 saturated heterocycles. The van der Waals surface area contributed by atoms with E-state index in [1.165, 1.54) is 31.8 Å². The summed E-state index contributed by atoms with van der Waals surface area (Å²) in [6.07, 6.45) is -10.3. The van der Waals surface area contributed by atoms with Crippen LogP contribution >= 0.6 is 15.9 Å². The topological polar surface area (TPSA) is 73.7 Å². The summed E-state index contributed by atoms with van der Waals surface area (Å²) < 4.78 is 94.4. The lowest BCUT2D eigenvalue weighted by molar-refractivity contribution is -0.143. The molecule has 0 bridgehead atoms. The molecule has 0 radical (unpaired) electrons. The van der Waals surface area contributed by atoms with Crippen molar-refractivity contribution in [2.24, 2.45) is 5.92 Å². The molecule has 0 saturated carbocycles. The van der Waals surface area contributed by atoms with Crippen molar-refractivity contribution in [3.8, 4) is 17.2 Å². The molecule has 1 heterocycles. The summed E-state index contributed by atoms with van der Waals surface area (Å²) in [5.41, 5.74) is -4.12. The fourth-order valence-corrected chi connectivity index (χ4v) is 5.41. The molecule has 0 aliphatic carbocycles. The number of ether oxygens (including phenoxy) is 2. The van der Waals surface area contributed by atoms with Crippen LogP contribution in [-0.4, -0.2) is 41.1 Å². The Kier molecular flexibility index (Phi) is 9.57. The van der Waals surface area contributed by atoms with Gasteiger partial charge in [-0.05, 0) is 59.1 Å². The van der Waals surface area contributed by atoms with Crippen LogP contribution in [0.25, 0.3) is 16.6 Å². The lowest BCUT2D eigenvalue weighted by Gasteiger charge is -2.32. The van der Waals surface area contributed by atoms with Crippen LogP contribution in [-0.2, 0) is 12.4 Å². The number of halogens is 7. The Labute approximate surface area is 262 Å². The van der Waals surface area contributed by atoms with E-state index >= 15 is 0 Å². The monoisotopic (exact) mass is 699 g/mol. The summed E-state index contributed by atoms with van der Waals surface area (Å²) in [5.74, 6) is -0.798. The Morgan fingerprint density at radius 2 is 1.53 bits per heavy atom. The van der Waals surface area contributed by atoms with E-state index in [9.17, 15) is 35.9 Å². The molecule has 4 rings (SSSR count). The van der Waals surface area contributed by atoms with Crippen LogP contribution in [0.3, 0.4) is 0 Å². The lowest BCUT2D eigenvalue weighted by atomic mass is 10.0. The molecule has 3 aromatic carbocycles. The third kappa shape index (κ3) is 6.95. The maximum Gasteiger partial charge on any atom is 0.416 e. The van der Waals surface area contributed by atoms with Gasteiger partial charge in [0.25, 0.3) is 11.5 Å². The van der Waals surface area contributed by atoms with E-state index in [2.05, 4.69) is 20.9 Å². The molecule has 0 N–H and O–H groups in total. The molecule has 1 amide bonds. The number of amides is 1. The Morgan fingerprint density at radius 1 is 0.933 bits per heavy atom. The van der Waals surface area contributed by atoms with Crippen molar-refractivity contribution in [1.29, 1.82) is 0 Å².